The normalized spacial score (nSPS) is 16.4. The fourth-order valence-corrected chi connectivity index (χ4v) is 3.37. The SMILES string of the molecule is CNc1ncnc(N2CCN(Cc3ccc4c(c3)OCO4)CC2)c1[N+](=O)[O-]. The van der Waals surface area contributed by atoms with E-state index in [2.05, 4.69) is 20.2 Å². The summed E-state index contributed by atoms with van der Waals surface area (Å²) in [5.74, 6) is 2.15. The van der Waals surface area contributed by atoms with Crippen molar-refractivity contribution in [3.8, 4) is 11.5 Å². The third kappa shape index (κ3) is 3.43. The summed E-state index contributed by atoms with van der Waals surface area (Å²) in [5.41, 5.74) is 1.07. The third-order valence-electron chi connectivity index (χ3n) is 4.74. The highest BCUT2D eigenvalue weighted by molar-refractivity contribution is 5.70. The van der Waals surface area contributed by atoms with Gasteiger partial charge in [0, 0.05) is 39.8 Å². The van der Waals surface area contributed by atoms with Gasteiger partial charge in [0.2, 0.25) is 18.4 Å². The molecule has 2 aliphatic heterocycles. The predicted octanol–water partition coefficient (Wildman–Crippen LogP) is 1.48. The molecule has 0 bridgehead atoms. The molecule has 0 amide bonds. The molecule has 10 nitrogen and oxygen atoms in total. The Morgan fingerprint density at radius 2 is 1.96 bits per heavy atom. The van der Waals surface area contributed by atoms with E-state index in [0.717, 1.165) is 36.7 Å². The van der Waals surface area contributed by atoms with E-state index in [1.807, 2.05) is 23.1 Å². The lowest BCUT2D eigenvalue weighted by Crippen LogP contribution is -2.46. The van der Waals surface area contributed by atoms with Crippen molar-refractivity contribution >= 4 is 17.3 Å². The molecular weight excluding hydrogens is 352 g/mol. The summed E-state index contributed by atoms with van der Waals surface area (Å²) in [6.45, 7) is 3.94. The van der Waals surface area contributed by atoms with Crippen molar-refractivity contribution in [3.63, 3.8) is 0 Å². The third-order valence-corrected chi connectivity index (χ3v) is 4.74. The first-order valence-corrected chi connectivity index (χ1v) is 8.68. The zero-order valence-corrected chi connectivity index (χ0v) is 14.9. The molecule has 1 N–H and O–H groups in total. The molecule has 0 spiro atoms. The Morgan fingerprint density at radius 3 is 2.70 bits per heavy atom. The number of hydrogen-bond acceptors (Lipinski definition) is 9. The second-order valence-corrected chi connectivity index (χ2v) is 6.35. The van der Waals surface area contributed by atoms with Crippen LogP contribution in [0.25, 0.3) is 0 Å². The highest BCUT2D eigenvalue weighted by Gasteiger charge is 2.29. The van der Waals surface area contributed by atoms with Crippen LogP contribution in [-0.2, 0) is 6.54 Å². The zero-order chi connectivity index (χ0) is 18.8. The van der Waals surface area contributed by atoms with Gasteiger partial charge in [-0.05, 0) is 17.7 Å². The van der Waals surface area contributed by atoms with E-state index in [1.54, 1.807) is 7.05 Å². The maximum atomic E-state index is 11.5. The molecule has 0 unspecified atom stereocenters. The first-order chi connectivity index (χ1) is 13.2. The Balaban J connectivity index is 1.43. The number of benzene rings is 1. The molecule has 1 aromatic heterocycles. The molecule has 0 aliphatic carbocycles. The largest absolute Gasteiger partial charge is 0.454 e. The van der Waals surface area contributed by atoms with Crippen molar-refractivity contribution in [2.75, 3.05) is 50.2 Å². The van der Waals surface area contributed by atoms with Gasteiger partial charge in [-0.3, -0.25) is 15.0 Å². The van der Waals surface area contributed by atoms with Crippen molar-refractivity contribution in [3.05, 3.63) is 40.2 Å². The topological polar surface area (TPSA) is 106 Å². The minimum atomic E-state index is -0.430. The molecule has 27 heavy (non-hydrogen) atoms. The summed E-state index contributed by atoms with van der Waals surface area (Å²) in [4.78, 5) is 23.4. The number of piperazine rings is 1. The van der Waals surface area contributed by atoms with Crippen LogP contribution in [0, 0.1) is 10.1 Å². The summed E-state index contributed by atoms with van der Waals surface area (Å²) in [6.07, 6.45) is 1.35. The second-order valence-electron chi connectivity index (χ2n) is 6.35. The van der Waals surface area contributed by atoms with Crippen LogP contribution in [-0.4, -0.2) is 59.8 Å². The van der Waals surface area contributed by atoms with Gasteiger partial charge in [0.25, 0.3) is 0 Å². The van der Waals surface area contributed by atoms with E-state index >= 15 is 0 Å². The summed E-state index contributed by atoms with van der Waals surface area (Å²) in [6, 6.07) is 5.97. The van der Waals surface area contributed by atoms with Crippen molar-refractivity contribution in [2.24, 2.45) is 0 Å². The van der Waals surface area contributed by atoms with Gasteiger partial charge in [0.05, 0.1) is 4.92 Å². The molecule has 3 heterocycles. The van der Waals surface area contributed by atoms with Crippen LogP contribution in [0.3, 0.4) is 0 Å². The van der Waals surface area contributed by atoms with Crippen molar-refractivity contribution in [1.82, 2.24) is 14.9 Å². The number of fused-ring (bicyclic) bond motifs is 1. The number of aromatic nitrogens is 2. The van der Waals surface area contributed by atoms with Crippen LogP contribution in [0.2, 0.25) is 0 Å². The van der Waals surface area contributed by atoms with E-state index < -0.39 is 4.92 Å². The molecule has 0 radical (unpaired) electrons. The van der Waals surface area contributed by atoms with Gasteiger partial charge in [-0.2, -0.15) is 0 Å². The van der Waals surface area contributed by atoms with E-state index in [4.69, 9.17) is 9.47 Å². The number of nitro groups is 1. The Bertz CT molecular complexity index is 853. The molecule has 1 aromatic carbocycles. The molecule has 1 fully saturated rings. The van der Waals surface area contributed by atoms with Gasteiger partial charge in [0.1, 0.15) is 6.33 Å². The van der Waals surface area contributed by atoms with Gasteiger partial charge < -0.3 is 19.7 Å². The van der Waals surface area contributed by atoms with E-state index in [9.17, 15) is 10.1 Å². The Labute approximate surface area is 155 Å². The lowest BCUT2D eigenvalue weighted by molar-refractivity contribution is -0.383. The van der Waals surface area contributed by atoms with Gasteiger partial charge in [-0.1, -0.05) is 6.07 Å². The highest BCUT2D eigenvalue weighted by atomic mass is 16.7. The van der Waals surface area contributed by atoms with Gasteiger partial charge >= 0.3 is 5.69 Å². The summed E-state index contributed by atoms with van der Waals surface area (Å²) >= 11 is 0. The Morgan fingerprint density at radius 1 is 1.19 bits per heavy atom. The second kappa shape index (κ2) is 7.23. The lowest BCUT2D eigenvalue weighted by Gasteiger charge is -2.35. The summed E-state index contributed by atoms with van der Waals surface area (Å²) in [5, 5.41) is 14.2. The number of anilines is 2. The maximum Gasteiger partial charge on any atom is 0.353 e. The highest BCUT2D eigenvalue weighted by Crippen LogP contribution is 2.34. The van der Waals surface area contributed by atoms with Crippen molar-refractivity contribution in [2.45, 2.75) is 6.54 Å². The summed E-state index contributed by atoms with van der Waals surface area (Å²) in [7, 11) is 1.61. The zero-order valence-electron chi connectivity index (χ0n) is 14.9. The summed E-state index contributed by atoms with van der Waals surface area (Å²) < 4.78 is 10.8. The van der Waals surface area contributed by atoms with Crippen LogP contribution in [0.5, 0.6) is 11.5 Å². The number of ether oxygens (including phenoxy) is 2. The van der Waals surface area contributed by atoms with Gasteiger partial charge in [0.15, 0.2) is 11.5 Å². The maximum absolute atomic E-state index is 11.5. The van der Waals surface area contributed by atoms with E-state index in [1.165, 1.54) is 6.33 Å². The number of nitrogens with one attached hydrogen (secondary N) is 1. The quantitative estimate of drug-likeness (QED) is 0.617. The monoisotopic (exact) mass is 372 g/mol. The molecule has 0 atom stereocenters. The fraction of sp³-hybridized carbons (Fsp3) is 0.412. The molecule has 0 saturated carbocycles. The first kappa shape index (κ1) is 17.3. The van der Waals surface area contributed by atoms with Crippen LogP contribution in [0.1, 0.15) is 5.56 Å². The average Bonchev–Trinajstić information content (AvgIpc) is 3.15. The molecule has 4 rings (SSSR count). The standard InChI is InChI=1S/C17H20N6O4/c1-18-16-15(23(24)25)17(20-10-19-16)22-6-4-21(5-7-22)9-12-2-3-13-14(8-12)27-11-26-13/h2-3,8,10H,4-7,9,11H2,1H3,(H,18,19,20). The van der Waals surface area contributed by atoms with Gasteiger partial charge in [-0.25, -0.2) is 9.97 Å². The van der Waals surface area contributed by atoms with Gasteiger partial charge in [-0.15, -0.1) is 0 Å². The average molecular weight is 372 g/mol. The molecule has 1 saturated heterocycles. The fourth-order valence-electron chi connectivity index (χ4n) is 3.37. The van der Waals surface area contributed by atoms with Crippen LogP contribution < -0.4 is 19.7 Å². The van der Waals surface area contributed by atoms with Crippen LogP contribution in [0.15, 0.2) is 24.5 Å². The Hall–Kier alpha value is -3.14. The minimum Gasteiger partial charge on any atom is -0.454 e. The predicted molar refractivity (Wildman–Crippen MR) is 98.3 cm³/mol. The minimum absolute atomic E-state index is 0.0794. The van der Waals surface area contributed by atoms with E-state index in [-0.39, 0.29) is 18.3 Å². The molecule has 2 aromatic rings. The van der Waals surface area contributed by atoms with Crippen molar-refractivity contribution < 1.29 is 14.4 Å². The first-order valence-electron chi connectivity index (χ1n) is 8.68. The molecule has 10 heteroatoms. The number of rotatable bonds is 5. The lowest BCUT2D eigenvalue weighted by atomic mass is 10.1. The number of hydrogen-bond donors (Lipinski definition) is 1. The number of nitrogens with zero attached hydrogens (tertiary/aromatic N) is 5. The van der Waals surface area contributed by atoms with Crippen LogP contribution in [0.4, 0.5) is 17.3 Å². The van der Waals surface area contributed by atoms with E-state index in [0.29, 0.717) is 18.9 Å². The Kier molecular flexibility index (Phi) is 4.63. The molecular formula is C17H20N6O4. The molecule has 142 valence electrons. The smallest absolute Gasteiger partial charge is 0.353 e. The van der Waals surface area contributed by atoms with Crippen LogP contribution >= 0.6 is 0 Å². The van der Waals surface area contributed by atoms with Crippen molar-refractivity contribution in [1.29, 1.82) is 0 Å². The molecule has 2 aliphatic rings.